The molecule has 0 aliphatic carbocycles. The van der Waals surface area contributed by atoms with Gasteiger partial charge in [0.25, 0.3) is 0 Å². The highest BCUT2D eigenvalue weighted by Gasteiger charge is 2.28. The highest BCUT2D eigenvalue weighted by Crippen LogP contribution is 2.36. The third kappa shape index (κ3) is 1.93. The molecule has 0 radical (unpaired) electrons. The number of carbonyl (C=O) groups is 1. The standard InChI is InChI=1S/C13H11BrN2OS/c14-10-4-8-5-13(17)16(12(8)6-11(10)15)7-9-2-1-3-18-9/h1-4,6H,5,7,15H2. The molecule has 0 unspecified atom stereocenters. The Labute approximate surface area is 117 Å². The lowest BCUT2D eigenvalue weighted by Gasteiger charge is -2.17. The number of nitrogens with zero attached hydrogens (tertiary/aromatic N) is 1. The minimum atomic E-state index is 0.135. The SMILES string of the molecule is Nc1cc2c(cc1Br)CC(=O)N2Cc1cccs1. The fraction of sp³-hybridized carbons (Fsp3) is 0.154. The van der Waals surface area contributed by atoms with E-state index in [0.717, 1.165) is 15.7 Å². The van der Waals surface area contributed by atoms with Crippen LogP contribution in [-0.2, 0) is 17.8 Å². The Morgan fingerprint density at radius 3 is 3.00 bits per heavy atom. The number of halogens is 1. The Balaban J connectivity index is 1.98. The molecular weight excluding hydrogens is 312 g/mol. The van der Waals surface area contributed by atoms with Crippen molar-refractivity contribution >= 4 is 44.5 Å². The molecule has 1 aromatic heterocycles. The molecule has 0 spiro atoms. The molecule has 1 amide bonds. The average Bonchev–Trinajstić information content (AvgIpc) is 2.92. The van der Waals surface area contributed by atoms with Crippen molar-refractivity contribution in [1.29, 1.82) is 0 Å². The molecule has 92 valence electrons. The van der Waals surface area contributed by atoms with E-state index >= 15 is 0 Å². The van der Waals surface area contributed by atoms with E-state index in [0.29, 0.717) is 18.7 Å². The first-order valence-electron chi connectivity index (χ1n) is 5.56. The van der Waals surface area contributed by atoms with E-state index in [1.165, 1.54) is 4.88 Å². The van der Waals surface area contributed by atoms with Crippen LogP contribution in [-0.4, -0.2) is 5.91 Å². The maximum absolute atomic E-state index is 12.1. The first-order valence-corrected chi connectivity index (χ1v) is 7.23. The van der Waals surface area contributed by atoms with Crippen LogP contribution in [0, 0.1) is 0 Å². The molecule has 1 aliphatic heterocycles. The van der Waals surface area contributed by atoms with E-state index in [1.54, 1.807) is 11.3 Å². The smallest absolute Gasteiger partial charge is 0.231 e. The van der Waals surface area contributed by atoms with Crippen molar-refractivity contribution in [2.75, 3.05) is 10.6 Å². The van der Waals surface area contributed by atoms with Crippen molar-refractivity contribution in [2.45, 2.75) is 13.0 Å². The summed E-state index contributed by atoms with van der Waals surface area (Å²) in [5.41, 5.74) is 8.54. The first-order chi connectivity index (χ1) is 8.65. The number of hydrogen-bond acceptors (Lipinski definition) is 3. The van der Waals surface area contributed by atoms with Gasteiger partial charge in [-0.3, -0.25) is 4.79 Å². The quantitative estimate of drug-likeness (QED) is 0.863. The molecule has 18 heavy (non-hydrogen) atoms. The average molecular weight is 323 g/mol. The van der Waals surface area contributed by atoms with Gasteiger partial charge in [-0.1, -0.05) is 6.07 Å². The zero-order valence-electron chi connectivity index (χ0n) is 9.52. The number of rotatable bonds is 2. The van der Waals surface area contributed by atoms with Crippen LogP contribution in [0.2, 0.25) is 0 Å². The molecule has 2 heterocycles. The van der Waals surface area contributed by atoms with Gasteiger partial charge in [-0.15, -0.1) is 11.3 Å². The van der Waals surface area contributed by atoms with Crippen molar-refractivity contribution in [3.8, 4) is 0 Å². The molecule has 0 fully saturated rings. The Kier molecular flexibility index (Phi) is 2.87. The van der Waals surface area contributed by atoms with Crippen LogP contribution in [0.5, 0.6) is 0 Å². The molecular formula is C13H11BrN2OS. The number of fused-ring (bicyclic) bond motifs is 1. The molecule has 3 rings (SSSR count). The van der Waals surface area contributed by atoms with Crippen LogP contribution in [0.1, 0.15) is 10.4 Å². The van der Waals surface area contributed by atoms with Gasteiger partial charge in [0.2, 0.25) is 5.91 Å². The Hall–Kier alpha value is -1.33. The number of amides is 1. The van der Waals surface area contributed by atoms with Crippen molar-refractivity contribution in [2.24, 2.45) is 0 Å². The fourth-order valence-electron chi connectivity index (χ4n) is 2.14. The lowest BCUT2D eigenvalue weighted by Crippen LogP contribution is -2.25. The third-order valence-corrected chi connectivity index (χ3v) is 4.57. The van der Waals surface area contributed by atoms with Crippen LogP contribution in [0.25, 0.3) is 0 Å². The van der Waals surface area contributed by atoms with Crippen molar-refractivity contribution < 1.29 is 4.79 Å². The van der Waals surface area contributed by atoms with Crippen LogP contribution < -0.4 is 10.6 Å². The summed E-state index contributed by atoms with van der Waals surface area (Å²) in [7, 11) is 0. The van der Waals surface area contributed by atoms with Crippen molar-refractivity contribution in [3.05, 3.63) is 44.6 Å². The number of anilines is 2. The van der Waals surface area contributed by atoms with Gasteiger partial charge in [-0.25, -0.2) is 0 Å². The summed E-state index contributed by atoms with van der Waals surface area (Å²) in [6.07, 6.45) is 0.458. The molecule has 0 bridgehead atoms. The second kappa shape index (κ2) is 4.40. The number of benzene rings is 1. The Morgan fingerprint density at radius 1 is 1.44 bits per heavy atom. The van der Waals surface area contributed by atoms with Gasteiger partial charge in [-0.2, -0.15) is 0 Å². The summed E-state index contributed by atoms with van der Waals surface area (Å²) in [6.45, 7) is 0.630. The van der Waals surface area contributed by atoms with E-state index in [4.69, 9.17) is 5.73 Å². The van der Waals surface area contributed by atoms with Gasteiger partial charge in [0.05, 0.1) is 13.0 Å². The maximum atomic E-state index is 12.1. The Bertz CT molecular complexity index is 610. The summed E-state index contributed by atoms with van der Waals surface area (Å²) in [5.74, 6) is 0.135. The van der Waals surface area contributed by atoms with E-state index < -0.39 is 0 Å². The highest BCUT2D eigenvalue weighted by molar-refractivity contribution is 9.10. The van der Waals surface area contributed by atoms with Gasteiger partial charge < -0.3 is 10.6 Å². The molecule has 3 nitrogen and oxygen atoms in total. The summed E-state index contributed by atoms with van der Waals surface area (Å²) in [6, 6.07) is 7.85. The van der Waals surface area contributed by atoms with Crippen LogP contribution >= 0.6 is 27.3 Å². The zero-order chi connectivity index (χ0) is 12.7. The molecule has 0 saturated carbocycles. The molecule has 0 saturated heterocycles. The number of carbonyl (C=O) groups excluding carboxylic acids is 1. The predicted molar refractivity (Wildman–Crippen MR) is 77.8 cm³/mol. The maximum Gasteiger partial charge on any atom is 0.231 e. The van der Waals surface area contributed by atoms with Crippen molar-refractivity contribution in [3.63, 3.8) is 0 Å². The van der Waals surface area contributed by atoms with Gasteiger partial charge in [0.15, 0.2) is 0 Å². The topological polar surface area (TPSA) is 46.3 Å². The second-order valence-corrected chi connectivity index (χ2v) is 6.13. The molecule has 1 aliphatic rings. The predicted octanol–water partition coefficient (Wildman–Crippen LogP) is 3.18. The summed E-state index contributed by atoms with van der Waals surface area (Å²) >= 11 is 5.06. The first kappa shape index (κ1) is 11.7. The summed E-state index contributed by atoms with van der Waals surface area (Å²) in [4.78, 5) is 15.0. The lowest BCUT2D eigenvalue weighted by molar-refractivity contribution is -0.117. The normalized spacial score (nSPS) is 14.1. The summed E-state index contributed by atoms with van der Waals surface area (Å²) in [5, 5.41) is 2.02. The monoisotopic (exact) mass is 322 g/mol. The summed E-state index contributed by atoms with van der Waals surface area (Å²) < 4.78 is 0.854. The number of thiophene rings is 1. The fourth-order valence-corrected chi connectivity index (χ4v) is 3.22. The molecule has 5 heteroatoms. The van der Waals surface area contributed by atoms with Gasteiger partial charge in [0.1, 0.15) is 0 Å². The van der Waals surface area contributed by atoms with Gasteiger partial charge in [-0.05, 0) is 45.1 Å². The number of nitrogens with two attached hydrogens (primary N) is 1. The van der Waals surface area contributed by atoms with Gasteiger partial charge in [0, 0.05) is 20.7 Å². The molecule has 2 aromatic rings. The molecule has 0 atom stereocenters. The van der Waals surface area contributed by atoms with E-state index in [-0.39, 0.29) is 5.91 Å². The van der Waals surface area contributed by atoms with E-state index in [9.17, 15) is 4.79 Å². The van der Waals surface area contributed by atoms with Crippen LogP contribution in [0.4, 0.5) is 11.4 Å². The Morgan fingerprint density at radius 2 is 2.28 bits per heavy atom. The zero-order valence-corrected chi connectivity index (χ0v) is 11.9. The van der Waals surface area contributed by atoms with E-state index in [2.05, 4.69) is 15.9 Å². The minimum absolute atomic E-state index is 0.135. The second-order valence-electron chi connectivity index (χ2n) is 4.24. The van der Waals surface area contributed by atoms with Crippen LogP contribution in [0.3, 0.4) is 0 Å². The van der Waals surface area contributed by atoms with Crippen LogP contribution in [0.15, 0.2) is 34.1 Å². The highest BCUT2D eigenvalue weighted by atomic mass is 79.9. The largest absolute Gasteiger partial charge is 0.398 e. The molecule has 1 aromatic carbocycles. The minimum Gasteiger partial charge on any atom is -0.398 e. The van der Waals surface area contributed by atoms with Gasteiger partial charge >= 0.3 is 0 Å². The molecule has 2 N–H and O–H groups in total. The number of nitrogen functional groups attached to an aromatic ring is 1. The van der Waals surface area contributed by atoms with E-state index in [1.807, 2.05) is 34.5 Å². The lowest BCUT2D eigenvalue weighted by atomic mass is 10.1. The number of hydrogen-bond donors (Lipinski definition) is 1. The third-order valence-electron chi connectivity index (χ3n) is 3.03. The van der Waals surface area contributed by atoms with Crippen molar-refractivity contribution in [1.82, 2.24) is 0 Å².